The zero-order valence-corrected chi connectivity index (χ0v) is 19.6. The van der Waals surface area contributed by atoms with Gasteiger partial charge in [0.25, 0.3) is 0 Å². The van der Waals surface area contributed by atoms with Crippen molar-refractivity contribution in [2.45, 2.75) is 25.5 Å². The van der Waals surface area contributed by atoms with Gasteiger partial charge in [-0.05, 0) is 31.5 Å². The van der Waals surface area contributed by atoms with Crippen LogP contribution in [0, 0.1) is 6.92 Å². The monoisotopic (exact) mass is 451 g/mol. The van der Waals surface area contributed by atoms with Crippen molar-refractivity contribution < 1.29 is 9.53 Å². The molecule has 2 heterocycles. The summed E-state index contributed by atoms with van der Waals surface area (Å²) in [5.41, 5.74) is 3.37. The molecule has 0 saturated carbocycles. The van der Waals surface area contributed by atoms with Gasteiger partial charge < -0.3 is 19.1 Å². The van der Waals surface area contributed by atoms with E-state index in [0.29, 0.717) is 18.8 Å². The summed E-state index contributed by atoms with van der Waals surface area (Å²) >= 11 is 1.46. The normalized spacial score (nSPS) is 14.0. The minimum Gasteiger partial charge on any atom is -0.497 e. The van der Waals surface area contributed by atoms with Crippen LogP contribution in [0.4, 0.5) is 5.69 Å². The zero-order chi connectivity index (χ0) is 22.5. The topological polar surface area (TPSA) is 63.5 Å². The molecule has 0 N–H and O–H groups in total. The van der Waals surface area contributed by atoms with Gasteiger partial charge in [0.15, 0.2) is 11.0 Å². The van der Waals surface area contributed by atoms with Crippen molar-refractivity contribution in [3.05, 3.63) is 54.1 Å². The van der Waals surface area contributed by atoms with E-state index in [2.05, 4.69) is 51.7 Å². The summed E-state index contributed by atoms with van der Waals surface area (Å²) in [7, 11) is 1.68. The second-order valence-corrected chi connectivity index (χ2v) is 8.67. The maximum absolute atomic E-state index is 12.9. The first-order valence-electron chi connectivity index (χ1n) is 10.9. The van der Waals surface area contributed by atoms with Crippen LogP contribution in [0.1, 0.15) is 12.5 Å². The van der Waals surface area contributed by atoms with E-state index >= 15 is 0 Å². The number of hydrogen-bond donors (Lipinski definition) is 0. The number of ether oxygens (including phenoxy) is 1. The molecule has 168 valence electrons. The first kappa shape index (κ1) is 22.2. The Morgan fingerprint density at radius 2 is 1.84 bits per heavy atom. The maximum Gasteiger partial charge on any atom is 0.233 e. The van der Waals surface area contributed by atoms with Crippen LogP contribution in [0.15, 0.2) is 53.7 Å². The van der Waals surface area contributed by atoms with Crippen LogP contribution in [0.3, 0.4) is 0 Å². The molecule has 0 bridgehead atoms. The van der Waals surface area contributed by atoms with Crippen LogP contribution in [-0.2, 0) is 11.3 Å². The smallest absolute Gasteiger partial charge is 0.233 e. The molecule has 0 radical (unpaired) electrons. The summed E-state index contributed by atoms with van der Waals surface area (Å²) in [4.78, 5) is 17.1. The Kier molecular flexibility index (Phi) is 6.99. The summed E-state index contributed by atoms with van der Waals surface area (Å²) in [6.07, 6.45) is 0. The highest BCUT2D eigenvalue weighted by molar-refractivity contribution is 7.99. The third-order valence-corrected chi connectivity index (χ3v) is 6.75. The van der Waals surface area contributed by atoms with Gasteiger partial charge in [-0.25, -0.2) is 0 Å². The summed E-state index contributed by atoms with van der Waals surface area (Å²) in [5.74, 6) is 2.21. The van der Waals surface area contributed by atoms with Crippen molar-refractivity contribution >= 4 is 23.4 Å². The summed E-state index contributed by atoms with van der Waals surface area (Å²) in [5, 5.41) is 9.58. The van der Waals surface area contributed by atoms with Crippen molar-refractivity contribution in [2.75, 3.05) is 43.9 Å². The molecule has 4 rings (SSSR count). The van der Waals surface area contributed by atoms with Crippen LogP contribution in [0.25, 0.3) is 11.4 Å². The number of rotatable bonds is 7. The Bertz CT molecular complexity index is 1080. The Hall–Kier alpha value is -3.00. The number of benzene rings is 2. The van der Waals surface area contributed by atoms with Gasteiger partial charge in [0.05, 0.1) is 12.9 Å². The molecule has 0 aliphatic carbocycles. The first-order valence-corrected chi connectivity index (χ1v) is 11.9. The molecule has 0 atom stereocenters. The fraction of sp³-hybridized carbons (Fsp3) is 0.375. The lowest BCUT2D eigenvalue weighted by Gasteiger charge is -2.36. The van der Waals surface area contributed by atoms with Crippen LogP contribution in [0.2, 0.25) is 0 Å². The molecule has 0 unspecified atom stereocenters. The average Bonchev–Trinajstić information content (AvgIpc) is 3.25. The van der Waals surface area contributed by atoms with Gasteiger partial charge in [-0.3, -0.25) is 4.79 Å². The molecule has 7 nitrogen and oxygen atoms in total. The van der Waals surface area contributed by atoms with E-state index in [1.54, 1.807) is 7.11 Å². The molecule has 1 aromatic heterocycles. The van der Waals surface area contributed by atoms with Crippen LogP contribution < -0.4 is 9.64 Å². The number of aryl methyl sites for hydroxylation is 1. The highest BCUT2D eigenvalue weighted by Gasteiger charge is 2.23. The van der Waals surface area contributed by atoms with Crippen molar-refractivity contribution in [1.29, 1.82) is 0 Å². The molecule has 3 aromatic rings. The van der Waals surface area contributed by atoms with E-state index in [4.69, 9.17) is 4.74 Å². The Labute approximate surface area is 193 Å². The minimum atomic E-state index is 0.142. The molecule has 1 fully saturated rings. The highest BCUT2D eigenvalue weighted by atomic mass is 32.2. The Balaban J connectivity index is 1.35. The van der Waals surface area contributed by atoms with Gasteiger partial charge in [-0.2, -0.15) is 0 Å². The Morgan fingerprint density at radius 1 is 1.06 bits per heavy atom. The third-order valence-electron chi connectivity index (χ3n) is 5.79. The number of aromatic nitrogens is 3. The van der Waals surface area contributed by atoms with Gasteiger partial charge in [-0.1, -0.05) is 42.1 Å². The van der Waals surface area contributed by atoms with E-state index in [9.17, 15) is 4.79 Å². The van der Waals surface area contributed by atoms with Gasteiger partial charge >= 0.3 is 0 Å². The second-order valence-electron chi connectivity index (χ2n) is 7.72. The van der Waals surface area contributed by atoms with Crippen LogP contribution in [0.5, 0.6) is 5.75 Å². The predicted molar refractivity (Wildman–Crippen MR) is 128 cm³/mol. The number of hydrogen-bond acceptors (Lipinski definition) is 6. The minimum absolute atomic E-state index is 0.142. The molecule has 1 aliphatic rings. The predicted octanol–water partition coefficient (Wildman–Crippen LogP) is 3.72. The first-order chi connectivity index (χ1) is 15.6. The lowest BCUT2D eigenvalue weighted by molar-refractivity contribution is -0.128. The fourth-order valence-corrected chi connectivity index (χ4v) is 4.85. The fourth-order valence-electron chi connectivity index (χ4n) is 3.94. The van der Waals surface area contributed by atoms with Gasteiger partial charge in [-0.15, -0.1) is 10.2 Å². The summed E-state index contributed by atoms with van der Waals surface area (Å²) in [6, 6.07) is 16.2. The number of amides is 1. The zero-order valence-electron chi connectivity index (χ0n) is 18.8. The molecule has 0 spiro atoms. The second kappa shape index (κ2) is 10.1. The van der Waals surface area contributed by atoms with Crippen LogP contribution >= 0.6 is 11.8 Å². The van der Waals surface area contributed by atoms with E-state index in [1.165, 1.54) is 11.8 Å². The standard InChI is InChI=1S/C24H29N5O2S/c1-4-29-23(21-11-6-5-8-18(21)2)25-26-24(29)32-17-22(30)28-14-12-27(13-15-28)19-9-7-10-20(16-19)31-3/h5-11,16H,4,12-15,17H2,1-3H3. The average molecular weight is 452 g/mol. The number of carbonyl (C=O) groups is 1. The molecular formula is C24H29N5O2S. The van der Waals surface area contributed by atoms with E-state index < -0.39 is 0 Å². The van der Waals surface area contributed by atoms with Crippen molar-refractivity contribution in [3.63, 3.8) is 0 Å². The largest absolute Gasteiger partial charge is 0.497 e. The number of anilines is 1. The van der Waals surface area contributed by atoms with Gasteiger partial charge in [0, 0.05) is 50.0 Å². The number of carbonyl (C=O) groups excluding carboxylic acids is 1. The molecule has 1 saturated heterocycles. The van der Waals surface area contributed by atoms with Gasteiger partial charge in [0.1, 0.15) is 5.75 Å². The molecule has 32 heavy (non-hydrogen) atoms. The van der Waals surface area contributed by atoms with Crippen molar-refractivity contribution in [2.24, 2.45) is 0 Å². The Morgan fingerprint density at radius 3 is 2.56 bits per heavy atom. The molecule has 8 heteroatoms. The third kappa shape index (κ3) is 4.75. The summed E-state index contributed by atoms with van der Waals surface area (Å²) < 4.78 is 7.41. The van der Waals surface area contributed by atoms with Crippen LogP contribution in [-0.4, -0.2) is 64.6 Å². The van der Waals surface area contributed by atoms with Gasteiger partial charge in [0.2, 0.25) is 5.91 Å². The molecule has 1 amide bonds. The number of methoxy groups -OCH3 is 1. The number of thioether (sulfide) groups is 1. The van der Waals surface area contributed by atoms with E-state index in [-0.39, 0.29) is 5.91 Å². The SMILES string of the molecule is CCn1c(SCC(=O)N2CCN(c3cccc(OC)c3)CC2)nnc1-c1ccccc1C. The van der Waals surface area contributed by atoms with Crippen molar-refractivity contribution in [1.82, 2.24) is 19.7 Å². The lowest BCUT2D eigenvalue weighted by Crippen LogP contribution is -2.49. The lowest BCUT2D eigenvalue weighted by atomic mass is 10.1. The number of piperazine rings is 1. The molecular weight excluding hydrogens is 422 g/mol. The van der Waals surface area contributed by atoms with E-state index in [0.717, 1.165) is 53.2 Å². The van der Waals surface area contributed by atoms with E-state index in [1.807, 2.05) is 35.2 Å². The maximum atomic E-state index is 12.9. The molecule has 1 aliphatic heterocycles. The quantitative estimate of drug-likeness (QED) is 0.510. The highest BCUT2D eigenvalue weighted by Crippen LogP contribution is 2.27. The van der Waals surface area contributed by atoms with Crippen molar-refractivity contribution in [3.8, 4) is 17.1 Å². The number of nitrogens with zero attached hydrogens (tertiary/aromatic N) is 5. The molecule has 2 aromatic carbocycles. The summed E-state index contributed by atoms with van der Waals surface area (Å²) in [6.45, 7) is 7.96.